The molecule has 3 aromatic rings. The molecule has 0 aliphatic carbocycles. The molecule has 1 N–H and O–H groups in total. The highest BCUT2D eigenvalue weighted by Gasteiger charge is 2.28. The van der Waals surface area contributed by atoms with E-state index in [4.69, 9.17) is 14.2 Å². The van der Waals surface area contributed by atoms with Crippen molar-refractivity contribution in [1.29, 1.82) is 0 Å². The van der Waals surface area contributed by atoms with Crippen molar-refractivity contribution in [2.75, 3.05) is 31.7 Å². The average Bonchev–Trinajstić information content (AvgIpc) is 2.94. The van der Waals surface area contributed by atoms with E-state index in [0.717, 1.165) is 9.87 Å². The van der Waals surface area contributed by atoms with E-state index >= 15 is 0 Å². The minimum atomic E-state index is -4.19. The first kappa shape index (κ1) is 30.5. The number of amides is 1. The van der Waals surface area contributed by atoms with Crippen LogP contribution in [0.1, 0.15) is 45.7 Å². The van der Waals surface area contributed by atoms with Crippen LogP contribution in [0, 0.1) is 0 Å². The number of carbonyl (C=O) groups excluding carboxylic acids is 1. The summed E-state index contributed by atoms with van der Waals surface area (Å²) in [5, 5.41) is 4.22. The van der Waals surface area contributed by atoms with E-state index in [1.807, 2.05) is 31.2 Å². The third-order valence-corrected chi connectivity index (χ3v) is 7.95. The third kappa shape index (κ3) is 7.32. The fourth-order valence-corrected chi connectivity index (χ4v) is 5.32. The number of nitrogens with zero attached hydrogens (tertiary/aromatic N) is 2. The van der Waals surface area contributed by atoms with Gasteiger partial charge in [-0.25, -0.2) is 13.8 Å². The van der Waals surface area contributed by atoms with Crippen LogP contribution in [0.5, 0.6) is 17.2 Å². The summed E-state index contributed by atoms with van der Waals surface area (Å²) >= 11 is 0. The van der Waals surface area contributed by atoms with Gasteiger partial charge in [-0.15, -0.1) is 0 Å². The molecule has 40 heavy (non-hydrogen) atoms. The van der Waals surface area contributed by atoms with Crippen LogP contribution < -0.4 is 23.9 Å². The van der Waals surface area contributed by atoms with Crippen molar-refractivity contribution in [2.45, 2.75) is 44.9 Å². The van der Waals surface area contributed by atoms with Gasteiger partial charge < -0.3 is 14.2 Å². The molecule has 0 unspecified atom stereocenters. The molecule has 0 atom stereocenters. The van der Waals surface area contributed by atoms with Crippen LogP contribution in [0.2, 0.25) is 0 Å². The quantitative estimate of drug-likeness (QED) is 0.254. The van der Waals surface area contributed by atoms with Gasteiger partial charge in [-0.3, -0.25) is 9.10 Å². The number of nitrogens with one attached hydrogen (secondary N) is 1. The molecule has 0 saturated carbocycles. The maximum Gasteiger partial charge on any atom is 0.264 e. The largest absolute Gasteiger partial charge is 0.494 e. The SMILES string of the molecule is CCOc1ccc(N(CC(=O)N/N=C(/C)c2ccc(C(C)(C)C)cc2)S(=O)(=O)c2ccc(OC)c(OC)c2)cc1. The molecule has 0 aliphatic heterocycles. The Morgan fingerprint density at radius 2 is 1.55 bits per heavy atom. The summed E-state index contributed by atoms with van der Waals surface area (Å²) in [4.78, 5) is 13.0. The van der Waals surface area contributed by atoms with Crippen molar-refractivity contribution in [3.63, 3.8) is 0 Å². The average molecular weight is 568 g/mol. The second-order valence-corrected chi connectivity index (χ2v) is 11.9. The van der Waals surface area contributed by atoms with Crippen molar-refractivity contribution in [3.8, 4) is 17.2 Å². The highest BCUT2D eigenvalue weighted by atomic mass is 32.2. The van der Waals surface area contributed by atoms with E-state index in [1.54, 1.807) is 31.2 Å². The van der Waals surface area contributed by atoms with E-state index in [-0.39, 0.29) is 21.7 Å². The molecule has 0 aromatic heterocycles. The summed E-state index contributed by atoms with van der Waals surface area (Å²) in [6.45, 7) is 9.99. The number of hydrogen-bond donors (Lipinski definition) is 1. The van der Waals surface area contributed by atoms with Crippen LogP contribution in [0.4, 0.5) is 5.69 Å². The van der Waals surface area contributed by atoms with Gasteiger partial charge in [0.25, 0.3) is 15.9 Å². The van der Waals surface area contributed by atoms with Crippen LogP contribution in [0.3, 0.4) is 0 Å². The van der Waals surface area contributed by atoms with Crippen molar-refractivity contribution in [2.24, 2.45) is 5.10 Å². The zero-order valence-corrected chi connectivity index (χ0v) is 24.8. The summed E-state index contributed by atoms with van der Waals surface area (Å²) < 4.78 is 44.6. The zero-order valence-electron chi connectivity index (χ0n) is 24.0. The molecular weight excluding hydrogens is 530 g/mol. The van der Waals surface area contributed by atoms with Gasteiger partial charge in [0, 0.05) is 6.07 Å². The van der Waals surface area contributed by atoms with Crippen LogP contribution in [-0.2, 0) is 20.2 Å². The van der Waals surface area contributed by atoms with Gasteiger partial charge in [0.1, 0.15) is 12.3 Å². The lowest BCUT2D eigenvalue weighted by molar-refractivity contribution is -0.119. The predicted octanol–water partition coefficient (Wildman–Crippen LogP) is 5.14. The number of hydrogen-bond acceptors (Lipinski definition) is 7. The summed E-state index contributed by atoms with van der Waals surface area (Å²) in [6, 6.07) is 18.7. The molecule has 10 heteroatoms. The number of carbonyl (C=O) groups is 1. The first-order valence-electron chi connectivity index (χ1n) is 12.8. The lowest BCUT2D eigenvalue weighted by atomic mass is 9.86. The molecule has 0 fully saturated rings. The molecule has 0 saturated heterocycles. The topological polar surface area (TPSA) is 107 Å². The van der Waals surface area contributed by atoms with Crippen LogP contribution in [0.15, 0.2) is 76.7 Å². The van der Waals surface area contributed by atoms with E-state index in [2.05, 4.69) is 31.3 Å². The number of rotatable bonds is 11. The molecule has 0 heterocycles. The van der Waals surface area contributed by atoms with Gasteiger partial charge in [-0.2, -0.15) is 5.10 Å². The van der Waals surface area contributed by atoms with E-state index in [0.29, 0.717) is 23.8 Å². The number of methoxy groups -OCH3 is 2. The van der Waals surface area contributed by atoms with Crippen LogP contribution in [-0.4, -0.2) is 47.4 Å². The molecule has 0 bridgehead atoms. The van der Waals surface area contributed by atoms with Crippen LogP contribution in [0.25, 0.3) is 0 Å². The first-order chi connectivity index (χ1) is 18.9. The fraction of sp³-hybridized carbons (Fsp3) is 0.333. The molecule has 0 radical (unpaired) electrons. The minimum Gasteiger partial charge on any atom is -0.494 e. The van der Waals surface area contributed by atoms with Crippen molar-refractivity contribution < 1.29 is 27.4 Å². The minimum absolute atomic E-state index is 0.0154. The van der Waals surface area contributed by atoms with Gasteiger partial charge in [0.05, 0.1) is 37.1 Å². The molecule has 3 aromatic carbocycles. The normalized spacial score (nSPS) is 12.0. The summed E-state index contributed by atoms with van der Waals surface area (Å²) in [7, 11) is -1.31. The highest BCUT2D eigenvalue weighted by Crippen LogP contribution is 2.32. The molecule has 1 amide bonds. The second-order valence-electron chi connectivity index (χ2n) is 10.0. The fourth-order valence-electron chi connectivity index (χ4n) is 3.88. The van der Waals surface area contributed by atoms with Gasteiger partial charge in [-0.05, 0) is 66.8 Å². The zero-order chi connectivity index (χ0) is 29.5. The Kier molecular flexibility index (Phi) is 9.81. The summed E-state index contributed by atoms with van der Waals surface area (Å²) in [5.74, 6) is 0.602. The molecule has 0 spiro atoms. The Labute approximate surface area is 236 Å². The molecule has 3 rings (SSSR count). The number of sulfonamides is 1. The van der Waals surface area contributed by atoms with Gasteiger partial charge in [0.2, 0.25) is 0 Å². The van der Waals surface area contributed by atoms with Crippen molar-refractivity contribution in [1.82, 2.24) is 5.43 Å². The first-order valence-corrected chi connectivity index (χ1v) is 14.3. The standard InChI is InChI=1S/C30H37N3O6S/c1-8-39-25-15-13-24(14-16-25)33(40(35,36)26-17-18-27(37-6)28(19-26)38-7)20-29(34)32-31-21(2)22-9-11-23(12-10-22)30(3,4)5/h9-19H,8,20H2,1-7H3,(H,32,34)/b31-21-. The number of benzene rings is 3. The van der Waals surface area contributed by atoms with Gasteiger partial charge in [0.15, 0.2) is 11.5 Å². The Bertz CT molecular complexity index is 1440. The number of ether oxygens (including phenoxy) is 3. The van der Waals surface area contributed by atoms with Crippen molar-refractivity contribution in [3.05, 3.63) is 77.9 Å². The Balaban J connectivity index is 1.90. The molecule has 0 aliphatic rings. The maximum atomic E-state index is 13.8. The summed E-state index contributed by atoms with van der Waals surface area (Å²) in [6.07, 6.45) is 0. The number of hydrazone groups is 1. The molecule has 214 valence electrons. The lowest BCUT2D eigenvalue weighted by Gasteiger charge is -2.24. The Morgan fingerprint density at radius 1 is 0.925 bits per heavy atom. The lowest BCUT2D eigenvalue weighted by Crippen LogP contribution is -2.39. The molecular formula is C30H37N3O6S. The number of anilines is 1. The third-order valence-electron chi connectivity index (χ3n) is 6.18. The highest BCUT2D eigenvalue weighted by molar-refractivity contribution is 7.92. The van der Waals surface area contributed by atoms with Crippen molar-refractivity contribution >= 4 is 27.3 Å². The Hall–Kier alpha value is -4.05. The van der Waals surface area contributed by atoms with Crippen LogP contribution >= 0.6 is 0 Å². The predicted molar refractivity (Wildman–Crippen MR) is 157 cm³/mol. The Morgan fingerprint density at radius 3 is 2.10 bits per heavy atom. The second kappa shape index (κ2) is 12.9. The van der Waals surface area contributed by atoms with E-state index in [1.165, 1.54) is 38.0 Å². The molecule has 9 nitrogen and oxygen atoms in total. The van der Waals surface area contributed by atoms with E-state index < -0.39 is 22.5 Å². The summed E-state index contributed by atoms with van der Waals surface area (Å²) in [5.41, 5.74) is 5.40. The van der Waals surface area contributed by atoms with Gasteiger partial charge >= 0.3 is 0 Å². The van der Waals surface area contributed by atoms with E-state index in [9.17, 15) is 13.2 Å². The van der Waals surface area contributed by atoms with Gasteiger partial charge in [-0.1, -0.05) is 45.0 Å². The smallest absolute Gasteiger partial charge is 0.264 e. The monoisotopic (exact) mass is 567 g/mol. The maximum absolute atomic E-state index is 13.8.